The average molecular weight is 571 g/mol. The number of aryl methyl sites for hydroxylation is 1. The molecule has 1 N–H and O–H groups in total. The van der Waals surface area contributed by atoms with Gasteiger partial charge in [-0.25, -0.2) is 13.8 Å². The molecule has 3 heterocycles. The molecule has 1 aromatic heterocycles. The number of carbonyl (C=O) groups is 1. The number of nitrogens with zero attached hydrogens (tertiary/aromatic N) is 2. The lowest BCUT2D eigenvalue weighted by atomic mass is 10.1. The lowest BCUT2D eigenvalue weighted by Crippen LogP contribution is -2.33. The first-order chi connectivity index (χ1) is 18.0. The molecule has 2 aliphatic rings. The van der Waals surface area contributed by atoms with E-state index in [1.165, 1.54) is 6.20 Å². The van der Waals surface area contributed by atoms with E-state index in [1.807, 2.05) is 0 Å². The number of aliphatic hydroxyl groups is 1. The Balaban J connectivity index is 1.51. The van der Waals surface area contributed by atoms with E-state index in [1.54, 1.807) is 52.0 Å². The maximum atomic E-state index is 15.0. The Bertz CT molecular complexity index is 1270. The number of fused-ring (bicyclic) bond motifs is 1. The SMILES string of the molecule is Cc1ccn([C@@H]2S[C@H](COP(=O)(C[C@@H](C)C(=O)OC(C)C)Oc3ccc4c(c3)OCC4)[C@@H](O)[C@@H]2F)c(=O)n1. The molecule has 1 fully saturated rings. The van der Waals surface area contributed by atoms with Gasteiger partial charge in [-0.2, -0.15) is 4.98 Å². The Kier molecular flexibility index (Phi) is 8.86. The second-order valence-electron chi connectivity index (χ2n) is 9.69. The zero-order valence-corrected chi connectivity index (χ0v) is 23.3. The lowest BCUT2D eigenvalue weighted by Gasteiger charge is -2.24. The Morgan fingerprint density at radius 1 is 1.34 bits per heavy atom. The second kappa shape index (κ2) is 11.8. The van der Waals surface area contributed by atoms with Gasteiger partial charge < -0.3 is 19.1 Å². The van der Waals surface area contributed by atoms with E-state index >= 15 is 4.39 Å². The minimum atomic E-state index is -4.01. The zero-order chi connectivity index (χ0) is 27.6. The van der Waals surface area contributed by atoms with Crippen LogP contribution in [0.1, 0.15) is 37.4 Å². The summed E-state index contributed by atoms with van der Waals surface area (Å²) in [5, 5.41) is 8.67. The third-order valence-electron chi connectivity index (χ3n) is 6.14. The van der Waals surface area contributed by atoms with Gasteiger partial charge in [-0.05, 0) is 38.5 Å². The van der Waals surface area contributed by atoms with Crippen LogP contribution >= 0.6 is 19.4 Å². The second-order valence-corrected chi connectivity index (χ2v) is 13.1. The Hall–Kier alpha value is -2.40. The van der Waals surface area contributed by atoms with E-state index in [9.17, 15) is 19.3 Å². The van der Waals surface area contributed by atoms with Crippen LogP contribution in [-0.4, -0.2) is 63.6 Å². The van der Waals surface area contributed by atoms with Crippen molar-refractivity contribution in [3.05, 3.63) is 52.2 Å². The van der Waals surface area contributed by atoms with Crippen molar-refractivity contribution < 1.29 is 37.4 Å². The highest BCUT2D eigenvalue weighted by atomic mass is 32.2. The van der Waals surface area contributed by atoms with Gasteiger partial charge in [0.2, 0.25) is 0 Å². The molecule has 13 heteroatoms. The molecule has 0 bridgehead atoms. The van der Waals surface area contributed by atoms with Crippen molar-refractivity contribution in [3.63, 3.8) is 0 Å². The molecule has 0 aliphatic carbocycles. The molecule has 6 atom stereocenters. The number of esters is 1. The summed E-state index contributed by atoms with van der Waals surface area (Å²) in [7, 11) is -4.01. The van der Waals surface area contributed by atoms with Gasteiger partial charge in [0.05, 0.1) is 36.6 Å². The topological polar surface area (TPSA) is 126 Å². The number of thioether (sulfide) groups is 1. The van der Waals surface area contributed by atoms with Crippen molar-refractivity contribution in [1.29, 1.82) is 0 Å². The number of carbonyl (C=O) groups excluding carboxylic acids is 1. The summed E-state index contributed by atoms with van der Waals surface area (Å²) in [6.07, 6.45) is -1.76. The maximum Gasteiger partial charge on any atom is 0.380 e. The highest BCUT2D eigenvalue weighted by molar-refractivity contribution is 8.00. The summed E-state index contributed by atoms with van der Waals surface area (Å²) in [5.41, 5.74) is 0.850. The third-order valence-corrected chi connectivity index (χ3v) is 9.69. The third kappa shape index (κ3) is 6.59. The number of halogens is 1. The Labute approximate surface area is 224 Å². The number of ether oxygens (including phenoxy) is 2. The highest BCUT2D eigenvalue weighted by Gasteiger charge is 2.46. The summed E-state index contributed by atoms with van der Waals surface area (Å²) in [6.45, 7) is 6.81. The van der Waals surface area contributed by atoms with Crippen LogP contribution in [0.4, 0.5) is 4.39 Å². The summed E-state index contributed by atoms with van der Waals surface area (Å²) >= 11 is 0.982. The van der Waals surface area contributed by atoms with Gasteiger partial charge in [0.1, 0.15) is 23.0 Å². The molecule has 1 unspecified atom stereocenters. The van der Waals surface area contributed by atoms with Gasteiger partial charge in [0.25, 0.3) is 0 Å². The van der Waals surface area contributed by atoms with Crippen molar-refractivity contribution >= 4 is 25.3 Å². The molecule has 208 valence electrons. The number of hydrogen-bond donors (Lipinski definition) is 1. The standard InChI is InChI=1S/C25H32FN2O8PS/c1-14(2)35-24(30)15(3)13-37(32,36-18-6-5-17-8-10-33-19(17)11-18)34-12-20-22(29)21(26)23(38-20)28-9-7-16(4)27-25(28)31/h5-7,9,11,14-15,20-23,29H,8,10,12-13H2,1-4H3/t15-,20-,21+,22-,23-,37?/m1/s1. The van der Waals surface area contributed by atoms with Crippen molar-refractivity contribution in [2.45, 2.75) is 63.1 Å². The number of hydrogen-bond acceptors (Lipinski definition) is 10. The maximum absolute atomic E-state index is 15.0. The monoisotopic (exact) mass is 570 g/mol. The van der Waals surface area contributed by atoms with Crippen LogP contribution < -0.4 is 15.0 Å². The fraction of sp³-hybridized carbons (Fsp3) is 0.560. The van der Waals surface area contributed by atoms with Crippen LogP contribution in [-0.2, 0) is 25.0 Å². The van der Waals surface area contributed by atoms with E-state index < -0.39 is 48.1 Å². The molecule has 4 rings (SSSR count). The first-order valence-electron chi connectivity index (χ1n) is 12.4. The van der Waals surface area contributed by atoms with Crippen molar-refractivity contribution in [3.8, 4) is 11.5 Å². The van der Waals surface area contributed by atoms with Gasteiger partial charge in [0, 0.05) is 24.4 Å². The molecule has 2 aliphatic heterocycles. The van der Waals surface area contributed by atoms with Crippen molar-refractivity contribution in [2.24, 2.45) is 5.92 Å². The smallest absolute Gasteiger partial charge is 0.380 e. The summed E-state index contributed by atoms with van der Waals surface area (Å²) in [4.78, 5) is 28.6. The van der Waals surface area contributed by atoms with Crippen LogP contribution in [0.5, 0.6) is 11.5 Å². The summed E-state index contributed by atoms with van der Waals surface area (Å²) in [5.74, 6) is -0.538. The molecular weight excluding hydrogens is 538 g/mol. The summed E-state index contributed by atoms with van der Waals surface area (Å²) in [6, 6.07) is 6.63. The van der Waals surface area contributed by atoms with Crippen LogP contribution in [0.15, 0.2) is 35.3 Å². The fourth-order valence-electron chi connectivity index (χ4n) is 4.18. The molecule has 38 heavy (non-hydrogen) atoms. The van der Waals surface area contributed by atoms with Gasteiger partial charge in [-0.15, -0.1) is 11.8 Å². The molecular formula is C25H32FN2O8PS. The number of benzene rings is 1. The molecule has 0 amide bonds. The predicted octanol–water partition coefficient (Wildman–Crippen LogP) is 3.68. The van der Waals surface area contributed by atoms with E-state index in [4.69, 9.17) is 18.5 Å². The molecule has 1 saturated heterocycles. The number of aromatic nitrogens is 2. The van der Waals surface area contributed by atoms with Gasteiger partial charge in [-0.3, -0.25) is 13.9 Å². The molecule has 0 saturated carbocycles. The van der Waals surface area contributed by atoms with E-state index in [-0.39, 0.29) is 24.6 Å². The van der Waals surface area contributed by atoms with Gasteiger partial charge >= 0.3 is 19.3 Å². The Morgan fingerprint density at radius 2 is 2.11 bits per heavy atom. The zero-order valence-electron chi connectivity index (χ0n) is 21.6. The van der Waals surface area contributed by atoms with E-state index in [0.717, 1.165) is 28.3 Å². The van der Waals surface area contributed by atoms with E-state index in [0.29, 0.717) is 18.1 Å². The summed E-state index contributed by atoms with van der Waals surface area (Å²) < 4.78 is 52.4. The first kappa shape index (κ1) is 28.6. The highest BCUT2D eigenvalue weighted by Crippen LogP contribution is 2.53. The van der Waals surface area contributed by atoms with Crippen molar-refractivity contribution in [1.82, 2.24) is 9.55 Å². The number of alkyl halides is 1. The first-order valence-corrected chi connectivity index (χ1v) is 15.1. The molecule has 0 spiro atoms. The molecule has 1 aromatic carbocycles. The number of rotatable bonds is 10. The largest absolute Gasteiger partial charge is 0.493 e. The minimum absolute atomic E-state index is 0.233. The minimum Gasteiger partial charge on any atom is -0.493 e. The Morgan fingerprint density at radius 3 is 2.82 bits per heavy atom. The number of aliphatic hydroxyl groups excluding tert-OH is 1. The van der Waals surface area contributed by atoms with Crippen LogP contribution in [0.25, 0.3) is 0 Å². The quantitative estimate of drug-likeness (QED) is 0.334. The lowest BCUT2D eigenvalue weighted by molar-refractivity contribution is -0.151. The van der Waals surface area contributed by atoms with Crippen LogP contribution in [0.3, 0.4) is 0 Å². The van der Waals surface area contributed by atoms with Gasteiger partial charge in [0.15, 0.2) is 6.17 Å². The molecule has 2 aromatic rings. The normalized spacial score (nSPS) is 24.9. The van der Waals surface area contributed by atoms with Gasteiger partial charge in [-0.1, -0.05) is 13.0 Å². The predicted molar refractivity (Wildman–Crippen MR) is 140 cm³/mol. The molecule has 10 nitrogen and oxygen atoms in total. The average Bonchev–Trinajstić information content (AvgIpc) is 3.42. The van der Waals surface area contributed by atoms with Crippen LogP contribution in [0, 0.1) is 12.8 Å². The van der Waals surface area contributed by atoms with Crippen LogP contribution in [0.2, 0.25) is 0 Å². The molecule has 0 radical (unpaired) electrons. The fourth-order valence-corrected chi connectivity index (χ4v) is 7.58. The van der Waals surface area contributed by atoms with Crippen molar-refractivity contribution in [2.75, 3.05) is 19.4 Å². The van der Waals surface area contributed by atoms with E-state index in [2.05, 4.69) is 4.98 Å².